The fraction of sp³-hybridized carbons (Fsp3) is 0.286. The maximum atomic E-state index is 12.2. The zero-order chi connectivity index (χ0) is 14.3. The van der Waals surface area contributed by atoms with Gasteiger partial charge in [0.1, 0.15) is 11.1 Å². The molecule has 1 aromatic carbocycles. The summed E-state index contributed by atoms with van der Waals surface area (Å²) in [7, 11) is 0. The summed E-state index contributed by atoms with van der Waals surface area (Å²) in [4.78, 5) is 25.3. The third-order valence-corrected chi connectivity index (χ3v) is 3.42. The molecule has 2 aromatic rings. The Morgan fingerprint density at radius 1 is 1.20 bits per heavy atom. The fourth-order valence-corrected chi connectivity index (χ4v) is 2.32. The van der Waals surface area contributed by atoms with E-state index in [4.69, 9.17) is 4.42 Å². The largest absolute Gasteiger partial charge is 0.422 e. The minimum Gasteiger partial charge on any atom is -0.422 e. The van der Waals surface area contributed by atoms with E-state index < -0.39 is 23.7 Å². The molecule has 1 saturated heterocycles. The van der Waals surface area contributed by atoms with Gasteiger partial charge in [0.05, 0.1) is 12.2 Å². The van der Waals surface area contributed by atoms with E-state index in [1.165, 1.54) is 11.0 Å². The van der Waals surface area contributed by atoms with Gasteiger partial charge in [-0.1, -0.05) is 18.2 Å². The van der Waals surface area contributed by atoms with E-state index in [-0.39, 0.29) is 18.7 Å². The van der Waals surface area contributed by atoms with Gasteiger partial charge in [-0.2, -0.15) is 0 Å². The zero-order valence-corrected chi connectivity index (χ0v) is 10.5. The van der Waals surface area contributed by atoms with Crippen LogP contribution in [0.2, 0.25) is 0 Å². The molecule has 2 atom stereocenters. The molecule has 1 aliphatic heterocycles. The first-order chi connectivity index (χ1) is 9.56. The van der Waals surface area contributed by atoms with Crippen LogP contribution in [-0.2, 0) is 0 Å². The summed E-state index contributed by atoms with van der Waals surface area (Å²) < 4.78 is 5.10. The molecule has 0 saturated carbocycles. The van der Waals surface area contributed by atoms with Crippen molar-refractivity contribution >= 4 is 16.9 Å². The van der Waals surface area contributed by atoms with Gasteiger partial charge in [-0.15, -0.1) is 0 Å². The number of aliphatic hydroxyl groups is 2. The van der Waals surface area contributed by atoms with Crippen LogP contribution in [0.3, 0.4) is 0 Å². The van der Waals surface area contributed by atoms with Crippen molar-refractivity contribution in [3.8, 4) is 0 Å². The minimum atomic E-state index is -0.980. The Morgan fingerprint density at radius 3 is 2.55 bits per heavy atom. The van der Waals surface area contributed by atoms with Gasteiger partial charge >= 0.3 is 5.63 Å². The number of aliphatic hydroxyl groups excluding tert-OH is 2. The lowest BCUT2D eigenvalue weighted by Crippen LogP contribution is -2.33. The van der Waals surface area contributed by atoms with E-state index in [0.29, 0.717) is 11.0 Å². The molecule has 2 heterocycles. The van der Waals surface area contributed by atoms with Crippen LogP contribution in [0.15, 0.2) is 39.5 Å². The molecular weight excluding hydrogens is 262 g/mol. The number of hydrogen-bond donors (Lipinski definition) is 2. The van der Waals surface area contributed by atoms with Crippen LogP contribution in [0.5, 0.6) is 0 Å². The van der Waals surface area contributed by atoms with E-state index in [1.807, 2.05) is 0 Å². The Hall–Kier alpha value is -2.18. The second-order valence-electron chi connectivity index (χ2n) is 4.83. The Morgan fingerprint density at radius 2 is 1.85 bits per heavy atom. The average molecular weight is 275 g/mol. The highest BCUT2D eigenvalue weighted by Gasteiger charge is 2.34. The fourth-order valence-electron chi connectivity index (χ4n) is 2.32. The number of para-hydroxylation sites is 1. The number of amides is 1. The molecule has 6 heteroatoms. The van der Waals surface area contributed by atoms with Crippen molar-refractivity contribution in [3.05, 3.63) is 46.3 Å². The second kappa shape index (κ2) is 4.73. The first kappa shape index (κ1) is 12.8. The van der Waals surface area contributed by atoms with Crippen molar-refractivity contribution in [1.29, 1.82) is 0 Å². The lowest BCUT2D eigenvalue weighted by atomic mass is 10.1. The molecule has 20 heavy (non-hydrogen) atoms. The summed E-state index contributed by atoms with van der Waals surface area (Å²) in [5.74, 6) is -0.542. The van der Waals surface area contributed by atoms with E-state index in [1.54, 1.807) is 24.3 Å². The molecule has 0 radical (unpaired) electrons. The molecule has 0 aliphatic carbocycles. The highest BCUT2D eigenvalue weighted by Crippen LogP contribution is 2.16. The highest BCUT2D eigenvalue weighted by molar-refractivity contribution is 5.96. The molecule has 0 unspecified atom stereocenters. The summed E-state index contributed by atoms with van der Waals surface area (Å²) in [5.41, 5.74) is -0.398. The first-order valence-corrected chi connectivity index (χ1v) is 6.24. The van der Waals surface area contributed by atoms with Crippen molar-refractivity contribution < 1.29 is 19.4 Å². The van der Waals surface area contributed by atoms with Gasteiger partial charge < -0.3 is 19.5 Å². The van der Waals surface area contributed by atoms with Gasteiger partial charge in [0.2, 0.25) is 0 Å². The molecule has 1 amide bonds. The minimum absolute atomic E-state index is 0.00622. The predicted molar refractivity (Wildman–Crippen MR) is 70.4 cm³/mol. The maximum absolute atomic E-state index is 12.2. The molecule has 0 bridgehead atoms. The number of carbonyl (C=O) groups excluding carboxylic acids is 1. The van der Waals surface area contributed by atoms with Crippen LogP contribution < -0.4 is 5.63 Å². The van der Waals surface area contributed by atoms with Gasteiger partial charge in [-0.05, 0) is 12.1 Å². The quantitative estimate of drug-likeness (QED) is 0.713. The third-order valence-electron chi connectivity index (χ3n) is 3.42. The molecular formula is C14H13NO5. The maximum Gasteiger partial charge on any atom is 0.349 e. The number of β-amino-alcohol motifs (C(OH)–C–C–N with tert-alkyl or cyclic N) is 2. The molecule has 1 aromatic heterocycles. The standard InChI is InChI=1S/C14H13NO5/c16-10-6-15(7-11(10)17)13(18)9-5-8-3-1-2-4-12(8)20-14(9)19/h1-5,10-11,16-17H,6-7H2/t10-,11+. The van der Waals surface area contributed by atoms with E-state index in [2.05, 4.69) is 0 Å². The van der Waals surface area contributed by atoms with Gasteiger partial charge in [-0.25, -0.2) is 4.79 Å². The Balaban J connectivity index is 2.00. The van der Waals surface area contributed by atoms with Crippen molar-refractivity contribution in [2.45, 2.75) is 12.2 Å². The zero-order valence-electron chi connectivity index (χ0n) is 10.5. The summed E-state index contributed by atoms with van der Waals surface area (Å²) in [6.45, 7) is 0.0124. The topological polar surface area (TPSA) is 91.0 Å². The number of benzene rings is 1. The van der Waals surface area contributed by atoms with Gasteiger partial charge in [0.25, 0.3) is 5.91 Å². The van der Waals surface area contributed by atoms with Crippen LogP contribution in [-0.4, -0.2) is 46.3 Å². The van der Waals surface area contributed by atoms with Gasteiger partial charge in [0, 0.05) is 18.5 Å². The third kappa shape index (κ3) is 2.09. The number of hydrogen-bond acceptors (Lipinski definition) is 5. The van der Waals surface area contributed by atoms with Crippen molar-refractivity contribution in [3.63, 3.8) is 0 Å². The number of nitrogens with zero attached hydrogens (tertiary/aromatic N) is 1. The number of fused-ring (bicyclic) bond motifs is 1. The van der Waals surface area contributed by atoms with Crippen LogP contribution in [0.25, 0.3) is 11.0 Å². The predicted octanol–water partition coefficient (Wildman–Crippen LogP) is -0.0294. The van der Waals surface area contributed by atoms with E-state index in [0.717, 1.165) is 0 Å². The van der Waals surface area contributed by atoms with Crippen molar-refractivity contribution in [2.24, 2.45) is 0 Å². The molecule has 0 spiro atoms. The van der Waals surface area contributed by atoms with E-state index in [9.17, 15) is 19.8 Å². The van der Waals surface area contributed by atoms with Crippen LogP contribution in [0, 0.1) is 0 Å². The highest BCUT2D eigenvalue weighted by atomic mass is 16.4. The Bertz CT molecular complexity index is 713. The monoisotopic (exact) mass is 275 g/mol. The molecule has 1 fully saturated rings. The number of likely N-dealkylation sites (tertiary alicyclic amines) is 1. The molecule has 1 aliphatic rings. The number of carbonyl (C=O) groups is 1. The summed E-state index contributed by atoms with van der Waals surface area (Å²) in [6.07, 6.45) is -1.96. The molecule has 3 rings (SSSR count). The van der Waals surface area contributed by atoms with Crippen LogP contribution in [0.1, 0.15) is 10.4 Å². The van der Waals surface area contributed by atoms with Crippen LogP contribution in [0.4, 0.5) is 0 Å². The SMILES string of the molecule is O=C(c1cc2ccccc2oc1=O)N1C[C@@H](O)[C@@H](O)C1. The Kier molecular flexibility index (Phi) is 3.04. The van der Waals surface area contributed by atoms with Crippen LogP contribution >= 0.6 is 0 Å². The lowest BCUT2D eigenvalue weighted by molar-refractivity contribution is 0.0572. The smallest absolute Gasteiger partial charge is 0.349 e. The van der Waals surface area contributed by atoms with E-state index >= 15 is 0 Å². The van der Waals surface area contributed by atoms with Gasteiger partial charge in [-0.3, -0.25) is 4.79 Å². The molecule has 104 valence electrons. The first-order valence-electron chi connectivity index (χ1n) is 6.24. The van der Waals surface area contributed by atoms with Crippen molar-refractivity contribution in [1.82, 2.24) is 4.90 Å². The number of rotatable bonds is 1. The summed E-state index contributed by atoms with van der Waals surface area (Å²) in [6, 6.07) is 8.37. The second-order valence-corrected chi connectivity index (χ2v) is 4.83. The van der Waals surface area contributed by atoms with Gasteiger partial charge in [0.15, 0.2) is 0 Å². The summed E-state index contributed by atoms with van der Waals surface area (Å²) in [5, 5.41) is 19.6. The molecule has 6 nitrogen and oxygen atoms in total. The molecule has 2 N–H and O–H groups in total. The average Bonchev–Trinajstić information content (AvgIpc) is 2.77. The Labute approximate surface area is 113 Å². The lowest BCUT2D eigenvalue weighted by Gasteiger charge is -2.14. The normalized spacial score (nSPS) is 22.4. The van der Waals surface area contributed by atoms with Crippen molar-refractivity contribution in [2.75, 3.05) is 13.1 Å². The summed E-state index contributed by atoms with van der Waals surface area (Å²) >= 11 is 0.